The molecule has 1 unspecified atom stereocenters. The highest BCUT2D eigenvalue weighted by Crippen LogP contribution is 2.31. The van der Waals surface area contributed by atoms with Gasteiger partial charge in [0.2, 0.25) is 0 Å². The van der Waals surface area contributed by atoms with Crippen LogP contribution in [0.5, 0.6) is 0 Å². The topological polar surface area (TPSA) is 0 Å². The maximum atomic E-state index is 2.36. The maximum absolute atomic E-state index is 2.36. The first kappa shape index (κ1) is 9.65. The van der Waals surface area contributed by atoms with Crippen LogP contribution in [0.3, 0.4) is 0 Å². The van der Waals surface area contributed by atoms with E-state index in [0.29, 0.717) is 5.92 Å². The normalized spacial score (nSPS) is 18.8. The van der Waals surface area contributed by atoms with Gasteiger partial charge in [-0.05, 0) is 46.7 Å². The zero-order valence-electron chi connectivity index (χ0n) is 9.83. The van der Waals surface area contributed by atoms with Crippen LogP contribution in [0.1, 0.15) is 23.6 Å². The summed E-state index contributed by atoms with van der Waals surface area (Å²) in [6.07, 6.45) is 5.80. The molecule has 0 N–H and O–H groups in total. The van der Waals surface area contributed by atoms with Crippen molar-refractivity contribution in [2.45, 2.75) is 20.3 Å². The molecule has 0 amide bonds. The van der Waals surface area contributed by atoms with Crippen molar-refractivity contribution >= 4 is 16.8 Å². The Morgan fingerprint density at radius 2 is 2.00 bits per heavy atom. The molecule has 0 bridgehead atoms. The third-order valence-corrected chi connectivity index (χ3v) is 3.58. The van der Waals surface area contributed by atoms with Gasteiger partial charge in [0.25, 0.3) is 0 Å². The summed E-state index contributed by atoms with van der Waals surface area (Å²) in [5.74, 6) is 0.674. The third-order valence-electron chi connectivity index (χ3n) is 3.58. The van der Waals surface area contributed by atoms with Crippen LogP contribution >= 0.6 is 0 Å². The highest BCUT2D eigenvalue weighted by atomic mass is 14.2. The Kier molecular flexibility index (Phi) is 2.10. The van der Waals surface area contributed by atoms with Gasteiger partial charge in [0, 0.05) is 0 Å². The molecule has 2 aromatic carbocycles. The van der Waals surface area contributed by atoms with E-state index in [9.17, 15) is 0 Å². The van der Waals surface area contributed by atoms with Crippen molar-refractivity contribution in [2.24, 2.45) is 5.92 Å². The Hall–Kier alpha value is -1.56. The van der Waals surface area contributed by atoms with Crippen LogP contribution in [0.25, 0.3) is 16.8 Å². The minimum Gasteiger partial charge on any atom is -0.0807 e. The zero-order valence-corrected chi connectivity index (χ0v) is 9.83. The van der Waals surface area contributed by atoms with Crippen molar-refractivity contribution in [3.63, 3.8) is 0 Å². The van der Waals surface area contributed by atoms with Gasteiger partial charge < -0.3 is 0 Å². The lowest BCUT2D eigenvalue weighted by Gasteiger charge is -2.19. The molecule has 0 nitrogen and oxygen atoms in total. The summed E-state index contributed by atoms with van der Waals surface area (Å²) < 4.78 is 0. The first-order valence-electron chi connectivity index (χ1n) is 5.95. The van der Waals surface area contributed by atoms with Gasteiger partial charge in [0.1, 0.15) is 0 Å². The predicted octanol–water partition coefficient (Wildman–Crippen LogP) is 4.35. The number of hydrogen-bond acceptors (Lipinski definition) is 0. The van der Waals surface area contributed by atoms with E-state index in [1.807, 2.05) is 0 Å². The minimum absolute atomic E-state index is 0.674. The Balaban J connectivity index is 2.35. The second-order valence-electron chi connectivity index (χ2n) is 4.84. The lowest BCUT2D eigenvalue weighted by molar-refractivity contribution is 0.717. The fraction of sp³-hybridized carbons (Fsp3) is 0.250. The molecule has 0 spiro atoms. The molecule has 0 radical (unpaired) electrons. The molecule has 16 heavy (non-hydrogen) atoms. The van der Waals surface area contributed by atoms with Crippen LogP contribution < -0.4 is 0 Å². The SMILES string of the molecule is Cc1c2c(cc3ccccc13)CC(C)C=C2. The maximum Gasteiger partial charge on any atom is -0.0149 e. The van der Waals surface area contributed by atoms with Crippen molar-refractivity contribution in [1.29, 1.82) is 0 Å². The quantitative estimate of drug-likeness (QED) is 0.603. The van der Waals surface area contributed by atoms with E-state index >= 15 is 0 Å². The van der Waals surface area contributed by atoms with Gasteiger partial charge in [0.05, 0.1) is 0 Å². The average Bonchev–Trinajstić information content (AvgIpc) is 2.29. The van der Waals surface area contributed by atoms with Gasteiger partial charge in [-0.25, -0.2) is 0 Å². The standard InChI is InChI=1S/C16H16/c1-11-7-8-16-12(2)15-6-4-3-5-13(15)10-14(16)9-11/h3-8,10-11H,9H2,1-2H3. The second kappa shape index (κ2) is 3.48. The molecule has 1 aliphatic carbocycles. The lowest BCUT2D eigenvalue weighted by Crippen LogP contribution is -2.04. The molecule has 3 rings (SSSR count). The Morgan fingerprint density at radius 1 is 1.19 bits per heavy atom. The van der Waals surface area contributed by atoms with Crippen molar-refractivity contribution < 1.29 is 0 Å². The molecule has 0 aliphatic heterocycles. The molecule has 0 aromatic heterocycles. The van der Waals surface area contributed by atoms with Gasteiger partial charge in [-0.1, -0.05) is 49.4 Å². The summed E-state index contributed by atoms with van der Waals surface area (Å²) in [5.41, 5.74) is 4.37. The minimum atomic E-state index is 0.674. The summed E-state index contributed by atoms with van der Waals surface area (Å²) in [5, 5.41) is 2.77. The van der Waals surface area contributed by atoms with E-state index < -0.39 is 0 Å². The van der Waals surface area contributed by atoms with Crippen LogP contribution in [0, 0.1) is 12.8 Å². The number of aryl methyl sites for hydroxylation is 1. The van der Waals surface area contributed by atoms with Gasteiger partial charge >= 0.3 is 0 Å². The monoisotopic (exact) mass is 208 g/mol. The van der Waals surface area contributed by atoms with Crippen LogP contribution in [0.15, 0.2) is 36.4 Å². The number of rotatable bonds is 0. The number of allylic oxidation sites excluding steroid dienone is 1. The summed E-state index contributed by atoms with van der Waals surface area (Å²) >= 11 is 0. The third kappa shape index (κ3) is 1.37. The van der Waals surface area contributed by atoms with E-state index in [4.69, 9.17) is 0 Å². The highest BCUT2D eigenvalue weighted by Gasteiger charge is 2.13. The largest absolute Gasteiger partial charge is 0.0807 e. The van der Waals surface area contributed by atoms with Crippen molar-refractivity contribution in [1.82, 2.24) is 0 Å². The Morgan fingerprint density at radius 3 is 2.88 bits per heavy atom. The van der Waals surface area contributed by atoms with Crippen molar-refractivity contribution in [3.8, 4) is 0 Å². The molecular weight excluding hydrogens is 192 g/mol. The molecule has 0 saturated carbocycles. The smallest absolute Gasteiger partial charge is 0.0149 e. The van der Waals surface area contributed by atoms with Crippen LogP contribution in [0.2, 0.25) is 0 Å². The molecule has 0 fully saturated rings. The summed E-state index contributed by atoms with van der Waals surface area (Å²) in [7, 11) is 0. The highest BCUT2D eigenvalue weighted by molar-refractivity contribution is 5.90. The van der Waals surface area contributed by atoms with Crippen LogP contribution in [-0.4, -0.2) is 0 Å². The number of hydrogen-bond donors (Lipinski definition) is 0. The van der Waals surface area contributed by atoms with Gasteiger partial charge in [0.15, 0.2) is 0 Å². The van der Waals surface area contributed by atoms with Crippen molar-refractivity contribution in [2.75, 3.05) is 0 Å². The number of benzene rings is 2. The fourth-order valence-corrected chi connectivity index (χ4v) is 2.69. The fourth-order valence-electron chi connectivity index (χ4n) is 2.69. The second-order valence-corrected chi connectivity index (χ2v) is 4.84. The Bertz CT molecular complexity index is 576. The van der Waals surface area contributed by atoms with E-state index in [1.165, 1.54) is 33.9 Å². The van der Waals surface area contributed by atoms with E-state index in [-0.39, 0.29) is 0 Å². The molecule has 2 aromatic rings. The summed E-state index contributed by atoms with van der Waals surface area (Å²) in [6, 6.07) is 11.0. The van der Waals surface area contributed by atoms with Crippen molar-refractivity contribution in [3.05, 3.63) is 53.1 Å². The van der Waals surface area contributed by atoms with Gasteiger partial charge in [-0.3, -0.25) is 0 Å². The molecule has 80 valence electrons. The Labute approximate surface area is 96.6 Å². The molecule has 0 saturated heterocycles. The van der Waals surface area contributed by atoms with E-state index in [1.54, 1.807) is 0 Å². The molecule has 0 heterocycles. The van der Waals surface area contributed by atoms with E-state index in [2.05, 4.69) is 56.3 Å². The average molecular weight is 208 g/mol. The first-order chi connectivity index (χ1) is 7.75. The van der Waals surface area contributed by atoms with Gasteiger partial charge in [-0.15, -0.1) is 0 Å². The van der Waals surface area contributed by atoms with Crippen LogP contribution in [-0.2, 0) is 6.42 Å². The molecule has 1 atom stereocenters. The van der Waals surface area contributed by atoms with Crippen LogP contribution in [0.4, 0.5) is 0 Å². The molecule has 1 aliphatic rings. The molecule has 0 heteroatoms. The first-order valence-corrected chi connectivity index (χ1v) is 5.95. The van der Waals surface area contributed by atoms with E-state index in [0.717, 1.165) is 0 Å². The summed E-state index contributed by atoms with van der Waals surface area (Å²) in [6.45, 7) is 4.52. The molecular formula is C16H16. The lowest BCUT2D eigenvalue weighted by atomic mass is 9.86. The number of fused-ring (bicyclic) bond motifs is 2. The van der Waals surface area contributed by atoms with Gasteiger partial charge in [-0.2, -0.15) is 0 Å². The predicted molar refractivity (Wildman–Crippen MR) is 70.6 cm³/mol. The summed E-state index contributed by atoms with van der Waals surface area (Å²) in [4.78, 5) is 0. The zero-order chi connectivity index (χ0) is 11.1.